The summed E-state index contributed by atoms with van der Waals surface area (Å²) in [5.41, 5.74) is 2.71. The van der Waals surface area contributed by atoms with E-state index in [9.17, 15) is 14.9 Å². The molecule has 0 fully saturated rings. The van der Waals surface area contributed by atoms with Crippen LogP contribution < -0.4 is 5.32 Å². The number of esters is 1. The molecule has 2 aromatic carbocycles. The zero-order valence-corrected chi connectivity index (χ0v) is 13.4. The second kappa shape index (κ2) is 7.75. The summed E-state index contributed by atoms with van der Waals surface area (Å²) in [6.45, 7) is 1.95. The molecule has 0 unspecified atom stereocenters. The summed E-state index contributed by atoms with van der Waals surface area (Å²) in [4.78, 5) is 23.6. The van der Waals surface area contributed by atoms with Crippen LogP contribution in [0.2, 0.25) is 0 Å². The fourth-order valence-electron chi connectivity index (χ4n) is 1.98. The molecule has 0 aliphatic rings. The largest absolute Gasteiger partial charge is 0.465 e. The molecule has 0 heterocycles. The number of nitrogens with zero attached hydrogens (tertiary/aromatic N) is 1. The molecule has 120 valence electrons. The van der Waals surface area contributed by atoms with Gasteiger partial charge in [0.1, 0.15) is 11.6 Å². The first-order valence-corrected chi connectivity index (χ1v) is 7.21. The van der Waals surface area contributed by atoms with Crippen LogP contribution >= 0.6 is 0 Å². The number of aryl methyl sites for hydroxylation is 1. The Balaban J connectivity index is 2.16. The third-order valence-corrected chi connectivity index (χ3v) is 3.32. The molecule has 0 aliphatic carbocycles. The molecular formula is C19H16N2O3. The Morgan fingerprint density at radius 1 is 1.08 bits per heavy atom. The minimum atomic E-state index is -0.488. The Labute approximate surface area is 140 Å². The number of methoxy groups -OCH3 is 1. The summed E-state index contributed by atoms with van der Waals surface area (Å²) >= 11 is 0. The van der Waals surface area contributed by atoms with Crippen LogP contribution in [0.5, 0.6) is 0 Å². The van der Waals surface area contributed by atoms with Crippen LogP contribution in [0.15, 0.2) is 54.1 Å². The predicted molar refractivity (Wildman–Crippen MR) is 91.2 cm³/mol. The van der Waals surface area contributed by atoms with E-state index in [4.69, 9.17) is 0 Å². The highest BCUT2D eigenvalue weighted by Crippen LogP contribution is 2.13. The molecule has 0 spiro atoms. The average molecular weight is 320 g/mol. The van der Waals surface area contributed by atoms with Crippen LogP contribution in [0.3, 0.4) is 0 Å². The van der Waals surface area contributed by atoms with Crippen LogP contribution in [0.25, 0.3) is 6.08 Å². The van der Waals surface area contributed by atoms with Gasteiger partial charge in [-0.3, -0.25) is 4.79 Å². The lowest BCUT2D eigenvalue weighted by molar-refractivity contribution is -0.112. The summed E-state index contributed by atoms with van der Waals surface area (Å²) < 4.78 is 4.62. The maximum atomic E-state index is 12.2. The fraction of sp³-hybridized carbons (Fsp3) is 0.105. The summed E-state index contributed by atoms with van der Waals surface area (Å²) in [7, 11) is 1.30. The minimum absolute atomic E-state index is 0.0265. The molecule has 5 heteroatoms. The molecular weight excluding hydrogens is 304 g/mol. The van der Waals surface area contributed by atoms with Gasteiger partial charge in [0.15, 0.2) is 0 Å². The van der Waals surface area contributed by atoms with E-state index in [1.165, 1.54) is 13.2 Å². The molecule has 1 N–H and O–H groups in total. The first kappa shape index (κ1) is 17.0. The van der Waals surface area contributed by atoms with Gasteiger partial charge in [-0.15, -0.1) is 0 Å². The van der Waals surface area contributed by atoms with Gasteiger partial charge in [-0.25, -0.2) is 4.79 Å². The van der Waals surface area contributed by atoms with E-state index >= 15 is 0 Å². The molecule has 0 aromatic heterocycles. The van der Waals surface area contributed by atoms with Gasteiger partial charge in [-0.05, 0) is 42.8 Å². The summed E-state index contributed by atoms with van der Waals surface area (Å²) in [5, 5.41) is 11.9. The summed E-state index contributed by atoms with van der Waals surface area (Å²) in [5.74, 6) is -0.929. The SMILES string of the molecule is COC(=O)c1ccc(C=C(C#N)C(=O)Nc2ccc(C)cc2)cc1. The van der Waals surface area contributed by atoms with Crippen molar-refractivity contribution in [1.82, 2.24) is 0 Å². The van der Waals surface area contributed by atoms with Gasteiger partial charge >= 0.3 is 5.97 Å². The van der Waals surface area contributed by atoms with E-state index in [-0.39, 0.29) is 5.57 Å². The summed E-state index contributed by atoms with van der Waals surface area (Å²) in [6, 6.07) is 15.6. The Kier molecular flexibility index (Phi) is 5.48. The smallest absolute Gasteiger partial charge is 0.337 e. The van der Waals surface area contributed by atoms with Crippen LogP contribution in [0, 0.1) is 18.3 Å². The van der Waals surface area contributed by atoms with E-state index in [0.717, 1.165) is 5.56 Å². The number of ether oxygens (including phenoxy) is 1. The number of nitriles is 1. The second-order valence-corrected chi connectivity index (χ2v) is 5.10. The average Bonchev–Trinajstić information content (AvgIpc) is 2.61. The van der Waals surface area contributed by atoms with Crippen molar-refractivity contribution >= 4 is 23.6 Å². The van der Waals surface area contributed by atoms with Gasteiger partial charge in [0.2, 0.25) is 0 Å². The third kappa shape index (κ3) is 4.31. The second-order valence-electron chi connectivity index (χ2n) is 5.10. The van der Waals surface area contributed by atoms with Crippen molar-refractivity contribution in [2.45, 2.75) is 6.92 Å². The minimum Gasteiger partial charge on any atom is -0.465 e. The lowest BCUT2D eigenvalue weighted by Gasteiger charge is -2.05. The lowest BCUT2D eigenvalue weighted by Crippen LogP contribution is -2.13. The van der Waals surface area contributed by atoms with Gasteiger partial charge in [0, 0.05) is 5.69 Å². The van der Waals surface area contributed by atoms with Gasteiger partial charge < -0.3 is 10.1 Å². The maximum Gasteiger partial charge on any atom is 0.337 e. The first-order valence-electron chi connectivity index (χ1n) is 7.21. The molecule has 2 aromatic rings. The number of hydrogen-bond acceptors (Lipinski definition) is 4. The Bertz CT molecular complexity index is 813. The van der Waals surface area contributed by atoms with E-state index in [2.05, 4.69) is 10.1 Å². The van der Waals surface area contributed by atoms with Crippen LogP contribution in [-0.2, 0) is 9.53 Å². The quantitative estimate of drug-likeness (QED) is 0.532. The highest BCUT2D eigenvalue weighted by molar-refractivity contribution is 6.09. The van der Waals surface area contributed by atoms with Gasteiger partial charge in [-0.2, -0.15) is 5.26 Å². The Hall–Kier alpha value is -3.39. The first-order chi connectivity index (χ1) is 11.5. The molecule has 1 amide bonds. The number of rotatable bonds is 4. The molecule has 0 bridgehead atoms. The van der Waals surface area contributed by atoms with E-state index in [1.807, 2.05) is 25.1 Å². The monoisotopic (exact) mass is 320 g/mol. The van der Waals surface area contributed by atoms with Crippen molar-refractivity contribution < 1.29 is 14.3 Å². The number of carbonyl (C=O) groups excluding carboxylic acids is 2. The fourth-order valence-corrected chi connectivity index (χ4v) is 1.98. The predicted octanol–water partition coefficient (Wildman–Crippen LogP) is 3.33. The van der Waals surface area contributed by atoms with Crippen molar-refractivity contribution in [2.75, 3.05) is 12.4 Å². The Morgan fingerprint density at radius 3 is 2.25 bits per heavy atom. The number of benzene rings is 2. The summed E-state index contributed by atoms with van der Waals surface area (Å²) in [6.07, 6.45) is 1.46. The maximum absolute atomic E-state index is 12.2. The number of hydrogen-bond donors (Lipinski definition) is 1. The topological polar surface area (TPSA) is 79.2 Å². The lowest BCUT2D eigenvalue weighted by atomic mass is 10.1. The zero-order chi connectivity index (χ0) is 17.5. The molecule has 24 heavy (non-hydrogen) atoms. The molecule has 0 saturated heterocycles. The van der Waals surface area contributed by atoms with Crippen LogP contribution in [0.4, 0.5) is 5.69 Å². The highest BCUT2D eigenvalue weighted by atomic mass is 16.5. The van der Waals surface area contributed by atoms with Crippen molar-refractivity contribution in [3.63, 3.8) is 0 Å². The van der Waals surface area contributed by atoms with Crippen molar-refractivity contribution in [2.24, 2.45) is 0 Å². The van der Waals surface area contributed by atoms with Crippen molar-refractivity contribution in [3.8, 4) is 6.07 Å². The van der Waals surface area contributed by atoms with Gasteiger partial charge in [0.05, 0.1) is 12.7 Å². The third-order valence-electron chi connectivity index (χ3n) is 3.32. The molecule has 0 atom stereocenters. The molecule has 5 nitrogen and oxygen atoms in total. The normalized spacial score (nSPS) is 10.6. The van der Waals surface area contributed by atoms with Gasteiger partial charge in [-0.1, -0.05) is 29.8 Å². The number of anilines is 1. The van der Waals surface area contributed by atoms with E-state index < -0.39 is 11.9 Å². The molecule has 0 radical (unpaired) electrons. The zero-order valence-electron chi connectivity index (χ0n) is 13.4. The number of carbonyl (C=O) groups is 2. The van der Waals surface area contributed by atoms with E-state index in [0.29, 0.717) is 16.8 Å². The Morgan fingerprint density at radius 2 is 1.71 bits per heavy atom. The molecule has 0 aliphatic heterocycles. The van der Waals surface area contributed by atoms with Crippen LogP contribution in [0.1, 0.15) is 21.5 Å². The highest BCUT2D eigenvalue weighted by Gasteiger charge is 2.10. The van der Waals surface area contributed by atoms with Crippen molar-refractivity contribution in [3.05, 3.63) is 70.8 Å². The van der Waals surface area contributed by atoms with Crippen LogP contribution in [-0.4, -0.2) is 19.0 Å². The van der Waals surface area contributed by atoms with Crippen molar-refractivity contribution in [1.29, 1.82) is 5.26 Å². The molecule has 0 saturated carbocycles. The molecule has 2 rings (SSSR count). The van der Waals surface area contributed by atoms with E-state index in [1.54, 1.807) is 36.4 Å². The van der Waals surface area contributed by atoms with Gasteiger partial charge in [0.25, 0.3) is 5.91 Å². The standard InChI is InChI=1S/C19H16N2O3/c1-13-3-9-17(10-4-13)21-18(22)16(12-20)11-14-5-7-15(8-6-14)19(23)24-2/h3-11H,1-2H3,(H,21,22). The number of amides is 1. The number of nitrogens with one attached hydrogen (secondary N) is 1.